The van der Waals surface area contributed by atoms with Gasteiger partial charge in [0.05, 0.1) is 5.69 Å². The van der Waals surface area contributed by atoms with Crippen molar-refractivity contribution in [3.8, 4) is 0 Å². The predicted molar refractivity (Wildman–Crippen MR) is 171 cm³/mol. The molecule has 192 valence electrons. The zero-order chi connectivity index (χ0) is 27.2. The summed E-state index contributed by atoms with van der Waals surface area (Å²) < 4.78 is 0.724. The zero-order valence-corrected chi connectivity index (χ0v) is 23.6. The zero-order valence-electron chi connectivity index (χ0n) is 23.6. The molecular weight excluding hydrogens is 469 g/mol. The van der Waals surface area contributed by atoms with Crippen molar-refractivity contribution in [3.63, 3.8) is 0 Å². The van der Waals surface area contributed by atoms with Gasteiger partial charge in [0.25, 0.3) is 6.28 Å². The summed E-state index contributed by atoms with van der Waals surface area (Å²) in [7, 11) is 4.82. The van der Waals surface area contributed by atoms with E-state index in [1.54, 1.807) is 0 Å². The number of nitrogens with zero attached hydrogens (tertiary/aromatic N) is 1. The molecular formula is C37H36BN. The molecule has 0 radical (unpaired) electrons. The number of benzene rings is 5. The minimum Gasteiger partial charge on any atom is -0.474 e. The van der Waals surface area contributed by atoms with Crippen LogP contribution in [-0.4, -0.2) is 20.4 Å². The van der Waals surface area contributed by atoms with E-state index < -0.39 is 6.28 Å². The molecule has 1 aliphatic heterocycles. The summed E-state index contributed by atoms with van der Waals surface area (Å²) in [5, 5.41) is 0. The standard InChI is InChI=1S/C37H36BN/c1-27-15-21-31(22-16-27)37-36(30-11-7-6-8-12-30)34-13-9-10-14-35(34)39(4,5)38(37,32-23-17-28(2)18-24-32)33-25-19-29(3)20-26-33/h6-26H,1-5H3. The van der Waals surface area contributed by atoms with Crippen molar-refractivity contribution < 1.29 is 0 Å². The molecule has 2 heteroatoms. The summed E-state index contributed by atoms with van der Waals surface area (Å²) in [6.07, 6.45) is -1.53. The number of rotatable bonds is 4. The summed E-state index contributed by atoms with van der Waals surface area (Å²) in [4.78, 5) is 0. The highest BCUT2D eigenvalue weighted by Crippen LogP contribution is 2.50. The summed E-state index contributed by atoms with van der Waals surface area (Å²) >= 11 is 0. The predicted octanol–water partition coefficient (Wildman–Crippen LogP) is 7.45. The molecule has 0 atom stereocenters. The lowest BCUT2D eigenvalue weighted by atomic mass is 9.19. The van der Waals surface area contributed by atoms with Gasteiger partial charge >= 0.3 is 0 Å². The quantitative estimate of drug-likeness (QED) is 0.223. The molecule has 0 spiro atoms. The van der Waals surface area contributed by atoms with Gasteiger partial charge in [-0.2, -0.15) is 0 Å². The van der Waals surface area contributed by atoms with Crippen molar-refractivity contribution >= 4 is 33.9 Å². The lowest BCUT2D eigenvalue weighted by molar-refractivity contribution is 0.610. The second kappa shape index (κ2) is 9.56. The number of aryl methyl sites for hydroxylation is 3. The van der Waals surface area contributed by atoms with E-state index in [1.165, 1.54) is 61.0 Å². The van der Waals surface area contributed by atoms with Gasteiger partial charge in [-0.25, -0.2) is 0 Å². The molecule has 0 fully saturated rings. The highest BCUT2D eigenvalue weighted by Gasteiger charge is 2.53. The van der Waals surface area contributed by atoms with Gasteiger partial charge in [0.15, 0.2) is 0 Å². The highest BCUT2D eigenvalue weighted by atomic mass is 15.3. The molecule has 0 bridgehead atoms. The topological polar surface area (TPSA) is 0 Å². The van der Waals surface area contributed by atoms with Crippen molar-refractivity contribution in [2.75, 3.05) is 14.1 Å². The third-order valence-corrected chi connectivity index (χ3v) is 8.99. The van der Waals surface area contributed by atoms with Gasteiger partial charge in [-0.15, -0.1) is 16.4 Å². The van der Waals surface area contributed by atoms with Crippen LogP contribution in [0.5, 0.6) is 0 Å². The molecule has 0 aliphatic carbocycles. The van der Waals surface area contributed by atoms with Crippen molar-refractivity contribution in [3.05, 3.63) is 161 Å². The van der Waals surface area contributed by atoms with Crippen LogP contribution in [0.1, 0.15) is 33.4 Å². The average molecular weight is 506 g/mol. The van der Waals surface area contributed by atoms with E-state index >= 15 is 0 Å². The van der Waals surface area contributed by atoms with Gasteiger partial charge in [-0.05, 0) is 44.0 Å². The van der Waals surface area contributed by atoms with Crippen LogP contribution in [-0.2, 0) is 0 Å². The minimum atomic E-state index is -1.53. The molecule has 0 aromatic heterocycles. The number of fused-ring (bicyclic) bond motifs is 1. The Morgan fingerprint density at radius 2 is 0.923 bits per heavy atom. The van der Waals surface area contributed by atoms with Crippen molar-refractivity contribution in [1.82, 2.24) is 4.39 Å². The molecule has 1 heterocycles. The van der Waals surface area contributed by atoms with E-state index in [-0.39, 0.29) is 0 Å². The van der Waals surface area contributed by atoms with Gasteiger partial charge in [0.2, 0.25) is 0 Å². The third-order valence-electron chi connectivity index (χ3n) is 8.99. The Hall–Kier alpha value is -4.14. The Balaban J connectivity index is 1.89. The number of quaternary nitrogens is 1. The lowest BCUT2D eigenvalue weighted by Crippen LogP contribution is -2.80. The van der Waals surface area contributed by atoms with Crippen LogP contribution in [0.25, 0.3) is 11.0 Å². The summed E-state index contributed by atoms with van der Waals surface area (Å²) in [5.41, 5.74) is 14.4. The van der Waals surface area contributed by atoms with Gasteiger partial charge in [0, 0.05) is 19.7 Å². The number of hydrogen-bond donors (Lipinski definition) is 0. The molecule has 0 amide bonds. The first kappa shape index (κ1) is 25.2. The largest absolute Gasteiger partial charge is 0.474 e. The fourth-order valence-corrected chi connectivity index (χ4v) is 7.07. The molecule has 1 aliphatic rings. The third kappa shape index (κ3) is 3.90. The van der Waals surface area contributed by atoms with E-state index in [0.717, 1.165) is 4.39 Å². The van der Waals surface area contributed by atoms with E-state index in [1.807, 2.05) is 0 Å². The van der Waals surface area contributed by atoms with Gasteiger partial charge < -0.3 is 4.39 Å². The smallest absolute Gasteiger partial charge is 0.296 e. The Labute approximate surface area is 233 Å². The first-order valence-electron chi connectivity index (χ1n) is 13.9. The molecule has 0 saturated heterocycles. The molecule has 0 unspecified atom stereocenters. The van der Waals surface area contributed by atoms with Gasteiger partial charge in [-0.1, -0.05) is 138 Å². The van der Waals surface area contributed by atoms with Crippen LogP contribution in [0, 0.1) is 20.8 Å². The molecule has 6 rings (SSSR count). The number of hydrogen-bond acceptors (Lipinski definition) is 0. The second-order valence-electron chi connectivity index (χ2n) is 11.7. The molecule has 5 aromatic rings. The second-order valence-corrected chi connectivity index (χ2v) is 11.7. The first-order valence-corrected chi connectivity index (χ1v) is 13.9. The van der Waals surface area contributed by atoms with Crippen LogP contribution in [0.4, 0.5) is 5.69 Å². The van der Waals surface area contributed by atoms with E-state index in [4.69, 9.17) is 0 Å². The summed E-state index contributed by atoms with van der Waals surface area (Å²) in [5.74, 6) is 0. The van der Waals surface area contributed by atoms with Crippen molar-refractivity contribution in [2.45, 2.75) is 20.8 Å². The summed E-state index contributed by atoms with van der Waals surface area (Å²) in [6, 6.07) is 47.8. The minimum absolute atomic E-state index is 0.724. The molecule has 0 saturated carbocycles. The lowest BCUT2D eigenvalue weighted by Gasteiger charge is -2.61. The average Bonchev–Trinajstić information content (AvgIpc) is 2.95. The monoisotopic (exact) mass is 505 g/mol. The first-order chi connectivity index (χ1) is 18.8. The van der Waals surface area contributed by atoms with Crippen LogP contribution in [0.3, 0.4) is 0 Å². The van der Waals surface area contributed by atoms with Crippen LogP contribution >= 0.6 is 0 Å². The molecule has 0 N–H and O–H groups in total. The molecule has 1 nitrogen and oxygen atoms in total. The van der Waals surface area contributed by atoms with Crippen LogP contribution < -0.4 is 15.3 Å². The highest BCUT2D eigenvalue weighted by molar-refractivity contribution is 7.16. The van der Waals surface area contributed by atoms with Crippen LogP contribution in [0.2, 0.25) is 0 Å². The molecule has 5 aromatic carbocycles. The molecule has 39 heavy (non-hydrogen) atoms. The van der Waals surface area contributed by atoms with Crippen LogP contribution in [0.15, 0.2) is 127 Å². The Kier molecular flexibility index (Phi) is 6.17. The Bertz CT molecular complexity index is 1610. The maximum absolute atomic E-state index is 2.41. The van der Waals surface area contributed by atoms with Gasteiger partial charge in [-0.3, -0.25) is 0 Å². The van der Waals surface area contributed by atoms with E-state index in [2.05, 4.69) is 162 Å². The van der Waals surface area contributed by atoms with Crippen molar-refractivity contribution in [2.24, 2.45) is 0 Å². The van der Waals surface area contributed by atoms with Crippen molar-refractivity contribution in [1.29, 1.82) is 0 Å². The SMILES string of the molecule is Cc1ccc(C2=C(c3ccccc3)c3ccccc3[N+](C)(C)[B-]2(c2ccc(C)cc2)c2ccc(C)cc2)cc1. The normalized spacial score (nSPS) is 15.6. The number of para-hydroxylation sites is 1. The Morgan fingerprint density at radius 1 is 0.462 bits per heavy atom. The fraction of sp³-hybridized carbons (Fsp3) is 0.135. The van der Waals surface area contributed by atoms with E-state index in [0.29, 0.717) is 0 Å². The Morgan fingerprint density at radius 3 is 1.46 bits per heavy atom. The maximum Gasteiger partial charge on any atom is 0.296 e. The van der Waals surface area contributed by atoms with E-state index in [9.17, 15) is 0 Å². The fourth-order valence-electron chi connectivity index (χ4n) is 7.07. The van der Waals surface area contributed by atoms with Gasteiger partial charge in [0.1, 0.15) is 0 Å². The maximum atomic E-state index is 2.41. The summed E-state index contributed by atoms with van der Waals surface area (Å²) in [6.45, 7) is 6.53.